The van der Waals surface area contributed by atoms with Gasteiger partial charge in [0.05, 0.1) is 11.0 Å². The van der Waals surface area contributed by atoms with Crippen LogP contribution in [0.3, 0.4) is 0 Å². The fraction of sp³-hybridized carbons (Fsp3) is 0.378. The van der Waals surface area contributed by atoms with Gasteiger partial charge in [0.15, 0.2) is 11.5 Å². The van der Waals surface area contributed by atoms with Gasteiger partial charge in [0.1, 0.15) is 12.6 Å². The summed E-state index contributed by atoms with van der Waals surface area (Å²) in [7, 11) is 0. The highest BCUT2D eigenvalue weighted by Crippen LogP contribution is 2.51. The second-order valence-electron chi connectivity index (χ2n) is 12.8. The predicted molar refractivity (Wildman–Crippen MR) is 182 cm³/mol. The van der Waals surface area contributed by atoms with Gasteiger partial charge in [-0.05, 0) is 62.2 Å². The molecule has 0 amide bonds. The number of rotatable bonds is 9. The molecule has 0 spiro atoms. The second-order valence-corrected chi connectivity index (χ2v) is 13.6. The standard InChI is InChI=1S/C37H38Cl2N4O/c1-7-9-15-42-30-13-11-24(38)17-28(30)36(3,4)32(42)19-26-34(23(21-40)22-41)27(35(26)44)20-33-37(5,6)29-18-25(39)12-14-31(29)43(33)16-10-8-2/h11-14,17-20H,7-10,15-16H2,1-6H3. The van der Waals surface area contributed by atoms with Crippen LogP contribution in [0.25, 0.3) is 5.41 Å². The maximum absolute atomic E-state index is 14.1. The molecule has 0 saturated carbocycles. The highest BCUT2D eigenvalue weighted by molar-refractivity contribution is 6.31. The van der Waals surface area contributed by atoms with Gasteiger partial charge in [-0.25, -0.2) is 5.87 Å². The molecule has 3 aliphatic rings. The van der Waals surface area contributed by atoms with Crippen LogP contribution in [0, 0.1) is 11.3 Å². The SMILES string of the molecule is CCCCN1/C(=C/C2=C(C(=C=[N-])C#N)C(=C/C3=[N+](CCCC)c4ccc(Cl)cc4C3(C)C)/C2=O)C(C)(C)c2cc(Cl)ccc21. The lowest BCUT2D eigenvalue weighted by atomic mass is 9.73. The summed E-state index contributed by atoms with van der Waals surface area (Å²) in [6.45, 7) is 14.4. The molecule has 0 unspecified atom stereocenters. The van der Waals surface area contributed by atoms with Crippen molar-refractivity contribution in [2.75, 3.05) is 18.0 Å². The summed E-state index contributed by atoms with van der Waals surface area (Å²) in [5, 5.41) is 21.4. The van der Waals surface area contributed by atoms with E-state index >= 15 is 0 Å². The molecule has 1 aliphatic carbocycles. The molecule has 5 nitrogen and oxygen atoms in total. The molecule has 2 aromatic carbocycles. The normalized spacial score (nSPS) is 19.7. The highest BCUT2D eigenvalue weighted by Gasteiger charge is 2.47. The van der Waals surface area contributed by atoms with Gasteiger partial charge < -0.3 is 10.3 Å². The van der Waals surface area contributed by atoms with Crippen LogP contribution in [0.1, 0.15) is 78.4 Å². The third kappa shape index (κ3) is 5.10. The Hall–Kier alpha value is -3.68. The molecule has 2 aliphatic heterocycles. The number of carbonyl (C=O) groups is 1. The lowest BCUT2D eigenvalue weighted by Gasteiger charge is -2.30. The number of unbranched alkanes of at least 4 members (excludes halogenated alkanes) is 2. The van der Waals surface area contributed by atoms with Gasteiger partial charge in [0.2, 0.25) is 5.69 Å². The smallest absolute Gasteiger partial charge is 0.209 e. The van der Waals surface area contributed by atoms with Crippen molar-refractivity contribution >= 4 is 51.9 Å². The van der Waals surface area contributed by atoms with Crippen LogP contribution in [0.15, 0.2) is 76.5 Å². The van der Waals surface area contributed by atoms with E-state index < -0.39 is 10.8 Å². The van der Waals surface area contributed by atoms with Gasteiger partial charge in [0, 0.05) is 74.2 Å². The minimum atomic E-state index is -0.439. The number of nitriles is 1. The van der Waals surface area contributed by atoms with Gasteiger partial charge >= 0.3 is 0 Å². The van der Waals surface area contributed by atoms with Crippen molar-refractivity contribution in [3.63, 3.8) is 0 Å². The summed E-state index contributed by atoms with van der Waals surface area (Å²) in [5.74, 6) is 1.91. The topological polar surface area (TPSA) is 69.4 Å². The molecule has 0 N–H and O–H groups in total. The average molecular weight is 626 g/mol. The van der Waals surface area contributed by atoms with E-state index in [2.05, 4.69) is 63.0 Å². The number of fused-ring (bicyclic) bond motifs is 2. The van der Waals surface area contributed by atoms with E-state index in [9.17, 15) is 15.5 Å². The lowest BCUT2D eigenvalue weighted by molar-refractivity contribution is -0.438. The Morgan fingerprint density at radius 2 is 1.64 bits per heavy atom. The maximum Gasteiger partial charge on any atom is 0.209 e. The maximum atomic E-state index is 14.1. The minimum absolute atomic E-state index is 0.0590. The zero-order valence-corrected chi connectivity index (χ0v) is 27.8. The summed E-state index contributed by atoms with van der Waals surface area (Å²) in [6.07, 6.45) is 7.79. The van der Waals surface area contributed by atoms with E-state index in [1.165, 1.54) is 0 Å². The number of benzene rings is 2. The summed E-state index contributed by atoms with van der Waals surface area (Å²) in [5.41, 5.74) is 6.51. The molecule has 0 atom stereocenters. The van der Waals surface area contributed by atoms with Crippen molar-refractivity contribution in [3.8, 4) is 6.07 Å². The molecular weight excluding hydrogens is 587 g/mol. The largest absolute Gasteiger partial charge is 0.762 e. The Balaban J connectivity index is 1.71. The number of carbonyl (C=O) groups excluding carboxylic acids is 1. The van der Waals surface area contributed by atoms with Crippen molar-refractivity contribution in [3.05, 3.63) is 103 Å². The first-order valence-corrected chi connectivity index (χ1v) is 16.1. The first-order chi connectivity index (χ1) is 20.9. The Morgan fingerprint density at radius 3 is 2.27 bits per heavy atom. The third-order valence-corrected chi connectivity index (χ3v) is 9.71. The van der Waals surface area contributed by atoms with Crippen LogP contribution in [-0.4, -0.2) is 35.0 Å². The molecular formula is C37H38Cl2N4O. The molecule has 2 aromatic rings. The first kappa shape index (κ1) is 31.7. The molecule has 0 aromatic heterocycles. The van der Waals surface area contributed by atoms with Gasteiger partial charge in [-0.3, -0.25) is 4.79 Å². The highest BCUT2D eigenvalue weighted by atomic mass is 35.5. The number of halogens is 2. The number of ketones is 1. The Morgan fingerprint density at radius 1 is 0.977 bits per heavy atom. The van der Waals surface area contributed by atoms with E-state index in [0.717, 1.165) is 72.7 Å². The van der Waals surface area contributed by atoms with Gasteiger partial charge in [0.25, 0.3) is 0 Å². The quantitative estimate of drug-likeness (QED) is 0.121. The zero-order chi connectivity index (χ0) is 32.0. The number of allylic oxidation sites excluding steroid dienone is 7. The number of hydrogen-bond acceptors (Lipinski definition) is 3. The number of anilines is 1. The van der Waals surface area contributed by atoms with Crippen molar-refractivity contribution < 1.29 is 9.37 Å². The fourth-order valence-corrected chi connectivity index (χ4v) is 7.08. The minimum Gasteiger partial charge on any atom is -0.762 e. The van der Waals surface area contributed by atoms with Crippen molar-refractivity contribution in [1.82, 2.24) is 0 Å². The molecule has 0 bridgehead atoms. The molecule has 226 valence electrons. The van der Waals surface area contributed by atoms with Crippen LogP contribution in [0.5, 0.6) is 0 Å². The summed E-state index contributed by atoms with van der Waals surface area (Å²) < 4.78 is 2.26. The second kappa shape index (κ2) is 12.0. The summed E-state index contributed by atoms with van der Waals surface area (Å²) >= 11 is 12.9. The van der Waals surface area contributed by atoms with Crippen LogP contribution in [0.2, 0.25) is 10.0 Å². The monoisotopic (exact) mass is 624 g/mol. The average Bonchev–Trinajstić information content (AvgIpc) is 3.33. The predicted octanol–water partition coefficient (Wildman–Crippen LogP) is 9.15. The van der Waals surface area contributed by atoms with Gasteiger partial charge in [-0.1, -0.05) is 63.7 Å². The Labute approximate surface area is 271 Å². The van der Waals surface area contributed by atoms with Crippen molar-refractivity contribution in [1.29, 1.82) is 5.26 Å². The van der Waals surface area contributed by atoms with Crippen LogP contribution in [-0.2, 0) is 15.6 Å². The van der Waals surface area contributed by atoms with Crippen molar-refractivity contribution in [2.45, 2.75) is 78.1 Å². The third-order valence-electron chi connectivity index (χ3n) is 9.24. The molecule has 2 heterocycles. The van der Waals surface area contributed by atoms with Gasteiger partial charge in [-0.2, -0.15) is 9.84 Å². The summed E-state index contributed by atoms with van der Waals surface area (Å²) in [6, 6.07) is 13.9. The molecule has 0 radical (unpaired) electrons. The molecule has 5 rings (SSSR count). The van der Waals surface area contributed by atoms with Crippen LogP contribution >= 0.6 is 23.2 Å². The zero-order valence-electron chi connectivity index (χ0n) is 26.3. The Bertz CT molecular complexity index is 1790. The number of nitrogens with zero attached hydrogens (tertiary/aromatic N) is 4. The molecule has 0 fully saturated rings. The number of hydrogen-bond donors (Lipinski definition) is 0. The van der Waals surface area contributed by atoms with E-state index in [0.29, 0.717) is 26.8 Å². The van der Waals surface area contributed by atoms with Gasteiger partial charge in [-0.15, -0.1) is 0 Å². The van der Waals surface area contributed by atoms with Crippen LogP contribution in [0.4, 0.5) is 11.4 Å². The van der Waals surface area contributed by atoms with Crippen LogP contribution < -0.4 is 4.90 Å². The Kier molecular flexibility index (Phi) is 8.67. The molecule has 44 heavy (non-hydrogen) atoms. The fourth-order valence-electron chi connectivity index (χ4n) is 6.74. The summed E-state index contributed by atoms with van der Waals surface area (Å²) in [4.78, 5) is 16.4. The van der Waals surface area contributed by atoms with E-state index in [1.807, 2.05) is 48.6 Å². The number of Topliss-reactive ketones (excluding diaryl/α,β-unsaturated/α-hetero) is 1. The first-order valence-electron chi connectivity index (χ1n) is 15.4. The molecule has 7 heteroatoms. The molecule has 0 saturated heterocycles. The van der Waals surface area contributed by atoms with E-state index in [1.54, 1.807) is 0 Å². The van der Waals surface area contributed by atoms with E-state index in [-0.39, 0.29) is 11.4 Å². The van der Waals surface area contributed by atoms with Crippen molar-refractivity contribution in [2.24, 2.45) is 0 Å². The lowest BCUT2D eigenvalue weighted by Crippen LogP contribution is -2.32. The van der Waals surface area contributed by atoms with E-state index in [4.69, 9.17) is 23.2 Å².